The molecule has 2 N–H and O–H groups in total. The normalized spacial score (nSPS) is 11.9. The molecule has 18 heavy (non-hydrogen) atoms. The number of benzene rings is 1. The van der Waals surface area contributed by atoms with Gasteiger partial charge < -0.3 is 15.2 Å². The summed E-state index contributed by atoms with van der Waals surface area (Å²) >= 11 is 0. The Balaban J connectivity index is 2.74. The average molecular weight is 251 g/mol. The van der Waals surface area contributed by atoms with Crippen LogP contribution in [-0.4, -0.2) is 30.1 Å². The van der Waals surface area contributed by atoms with Gasteiger partial charge in [0.25, 0.3) is 5.91 Å². The lowest BCUT2D eigenvalue weighted by Crippen LogP contribution is -2.34. The summed E-state index contributed by atoms with van der Waals surface area (Å²) in [5.74, 6) is -1.22. The van der Waals surface area contributed by atoms with Crippen molar-refractivity contribution in [2.75, 3.05) is 7.11 Å². The van der Waals surface area contributed by atoms with Crippen LogP contribution in [0.3, 0.4) is 0 Å². The zero-order chi connectivity index (χ0) is 13.5. The predicted octanol–water partition coefficient (Wildman–Crippen LogP) is 1.43. The molecule has 5 nitrogen and oxygen atoms in total. The number of hydrogen-bond donors (Lipinski definition) is 2. The Hall–Kier alpha value is -1.88. The van der Waals surface area contributed by atoms with Crippen LogP contribution in [-0.2, 0) is 16.1 Å². The molecule has 0 saturated heterocycles. The summed E-state index contributed by atoms with van der Waals surface area (Å²) in [6, 6.07) is 6.67. The highest BCUT2D eigenvalue weighted by atomic mass is 16.5. The van der Waals surface area contributed by atoms with Crippen LogP contribution >= 0.6 is 0 Å². The maximum absolute atomic E-state index is 12.0. The van der Waals surface area contributed by atoms with Gasteiger partial charge in [0, 0.05) is 18.7 Å². The van der Waals surface area contributed by atoms with Crippen molar-refractivity contribution < 1.29 is 19.4 Å². The fraction of sp³-hybridized carbons (Fsp3) is 0.385. The molecule has 0 fully saturated rings. The van der Waals surface area contributed by atoms with E-state index in [1.54, 1.807) is 32.2 Å². The first-order chi connectivity index (χ1) is 8.54. The second-order valence-electron chi connectivity index (χ2n) is 4.06. The first-order valence-electron chi connectivity index (χ1n) is 5.64. The van der Waals surface area contributed by atoms with Crippen LogP contribution < -0.4 is 5.32 Å². The second kappa shape index (κ2) is 6.76. The standard InChI is InChI=1S/C13H17NO4/c1-9(7-12(15)16)14-13(17)11-6-4-3-5-10(11)8-18-2/h3-6,9H,7-8H2,1-2H3,(H,14,17)(H,15,16). The van der Waals surface area contributed by atoms with Crippen molar-refractivity contribution in [3.8, 4) is 0 Å². The zero-order valence-electron chi connectivity index (χ0n) is 10.5. The maximum Gasteiger partial charge on any atom is 0.305 e. The lowest BCUT2D eigenvalue weighted by atomic mass is 10.1. The zero-order valence-corrected chi connectivity index (χ0v) is 10.5. The summed E-state index contributed by atoms with van der Waals surface area (Å²) in [4.78, 5) is 22.5. The van der Waals surface area contributed by atoms with Crippen molar-refractivity contribution in [1.29, 1.82) is 0 Å². The molecule has 0 radical (unpaired) electrons. The van der Waals surface area contributed by atoms with Crippen LogP contribution in [0.5, 0.6) is 0 Å². The Morgan fingerprint density at radius 1 is 1.39 bits per heavy atom. The summed E-state index contributed by atoms with van der Waals surface area (Å²) in [5, 5.41) is 11.3. The van der Waals surface area contributed by atoms with Crippen LogP contribution in [0.15, 0.2) is 24.3 Å². The van der Waals surface area contributed by atoms with Crippen LogP contribution in [0.25, 0.3) is 0 Å². The molecule has 0 saturated carbocycles. The number of carboxylic acids is 1. The number of hydrogen-bond acceptors (Lipinski definition) is 3. The molecule has 1 amide bonds. The molecular formula is C13H17NO4. The third-order valence-corrected chi connectivity index (χ3v) is 2.42. The largest absolute Gasteiger partial charge is 0.481 e. The number of ether oxygens (including phenoxy) is 1. The molecule has 98 valence electrons. The Bertz CT molecular complexity index is 431. The monoisotopic (exact) mass is 251 g/mol. The van der Waals surface area contributed by atoms with Gasteiger partial charge in [-0.1, -0.05) is 18.2 Å². The summed E-state index contributed by atoms with van der Waals surface area (Å²) in [6.45, 7) is 2.00. The first-order valence-corrected chi connectivity index (χ1v) is 5.64. The Kier molecular flexibility index (Phi) is 5.32. The Morgan fingerprint density at radius 2 is 2.06 bits per heavy atom. The van der Waals surface area contributed by atoms with Gasteiger partial charge in [-0.3, -0.25) is 9.59 Å². The summed E-state index contributed by atoms with van der Waals surface area (Å²) in [7, 11) is 1.56. The maximum atomic E-state index is 12.0. The van der Waals surface area contributed by atoms with Gasteiger partial charge in [-0.25, -0.2) is 0 Å². The molecule has 0 bridgehead atoms. The highest BCUT2D eigenvalue weighted by molar-refractivity contribution is 5.96. The number of methoxy groups -OCH3 is 1. The third-order valence-electron chi connectivity index (χ3n) is 2.42. The van der Waals surface area contributed by atoms with Crippen molar-refractivity contribution in [1.82, 2.24) is 5.32 Å². The van der Waals surface area contributed by atoms with Gasteiger partial charge >= 0.3 is 5.97 Å². The molecule has 0 aliphatic heterocycles. The van der Waals surface area contributed by atoms with Crippen molar-refractivity contribution in [2.24, 2.45) is 0 Å². The van der Waals surface area contributed by atoms with Crippen molar-refractivity contribution in [2.45, 2.75) is 26.0 Å². The molecule has 0 spiro atoms. The smallest absolute Gasteiger partial charge is 0.305 e. The van der Waals surface area contributed by atoms with Crippen LogP contribution in [0.1, 0.15) is 29.3 Å². The number of carboxylic acid groups (broad SMARTS) is 1. The molecule has 1 aromatic rings. The van der Waals surface area contributed by atoms with Crippen molar-refractivity contribution >= 4 is 11.9 Å². The molecule has 1 aromatic carbocycles. The molecule has 0 heterocycles. The van der Waals surface area contributed by atoms with E-state index < -0.39 is 12.0 Å². The number of amides is 1. The second-order valence-corrected chi connectivity index (χ2v) is 4.06. The van der Waals surface area contributed by atoms with E-state index in [1.165, 1.54) is 0 Å². The Morgan fingerprint density at radius 3 is 2.67 bits per heavy atom. The average Bonchev–Trinajstić information content (AvgIpc) is 2.28. The molecule has 5 heteroatoms. The quantitative estimate of drug-likeness (QED) is 0.802. The SMILES string of the molecule is COCc1ccccc1C(=O)NC(C)CC(=O)O. The molecular weight excluding hydrogens is 234 g/mol. The van der Waals surface area contributed by atoms with Gasteiger partial charge in [0.1, 0.15) is 0 Å². The molecule has 0 aliphatic rings. The number of carbonyl (C=O) groups is 2. The number of aliphatic carboxylic acids is 1. The molecule has 1 rings (SSSR count). The van der Waals surface area contributed by atoms with E-state index in [0.29, 0.717) is 12.2 Å². The van der Waals surface area contributed by atoms with Crippen LogP contribution in [0, 0.1) is 0 Å². The summed E-state index contributed by atoms with van der Waals surface area (Å²) in [5.41, 5.74) is 1.29. The van der Waals surface area contributed by atoms with Gasteiger partial charge in [-0.2, -0.15) is 0 Å². The van der Waals surface area contributed by atoms with Gasteiger partial charge in [-0.05, 0) is 18.6 Å². The minimum Gasteiger partial charge on any atom is -0.481 e. The molecule has 1 atom stereocenters. The summed E-state index contributed by atoms with van der Waals surface area (Å²) in [6.07, 6.45) is -0.0990. The van der Waals surface area contributed by atoms with E-state index in [9.17, 15) is 9.59 Å². The van der Waals surface area contributed by atoms with Gasteiger partial charge in [0.2, 0.25) is 0 Å². The van der Waals surface area contributed by atoms with Crippen LogP contribution in [0.4, 0.5) is 0 Å². The van der Waals surface area contributed by atoms with E-state index in [-0.39, 0.29) is 12.3 Å². The lowest BCUT2D eigenvalue weighted by Gasteiger charge is -2.13. The van der Waals surface area contributed by atoms with Gasteiger partial charge in [-0.15, -0.1) is 0 Å². The minimum absolute atomic E-state index is 0.0990. The highest BCUT2D eigenvalue weighted by Crippen LogP contribution is 2.10. The topological polar surface area (TPSA) is 75.6 Å². The number of nitrogens with one attached hydrogen (secondary N) is 1. The fourth-order valence-electron chi connectivity index (χ4n) is 1.64. The Labute approximate surface area is 106 Å². The molecule has 1 unspecified atom stereocenters. The first kappa shape index (κ1) is 14.2. The van der Waals surface area contributed by atoms with E-state index >= 15 is 0 Å². The van der Waals surface area contributed by atoms with Crippen molar-refractivity contribution in [3.05, 3.63) is 35.4 Å². The van der Waals surface area contributed by atoms with E-state index in [4.69, 9.17) is 9.84 Å². The van der Waals surface area contributed by atoms with E-state index in [1.807, 2.05) is 6.07 Å². The molecule has 0 aromatic heterocycles. The predicted molar refractivity (Wildman–Crippen MR) is 66.3 cm³/mol. The molecule has 0 aliphatic carbocycles. The van der Waals surface area contributed by atoms with Gasteiger partial charge in [0.15, 0.2) is 0 Å². The van der Waals surface area contributed by atoms with E-state index in [0.717, 1.165) is 5.56 Å². The number of rotatable bonds is 6. The minimum atomic E-state index is -0.937. The fourth-order valence-corrected chi connectivity index (χ4v) is 1.64. The highest BCUT2D eigenvalue weighted by Gasteiger charge is 2.14. The number of carbonyl (C=O) groups excluding carboxylic acids is 1. The summed E-state index contributed by atoms with van der Waals surface area (Å²) < 4.78 is 5.01. The van der Waals surface area contributed by atoms with E-state index in [2.05, 4.69) is 5.32 Å². The van der Waals surface area contributed by atoms with Gasteiger partial charge in [0.05, 0.1) is 13.0 Å². The third kappa shape index (κ3) is 4.18. The van der Waals surface area contributed by atoms with Crippen LogP contribution in [0.2, 0.25) is 0 Å². The van der Waals surface area contributed by atoms with Crippen molar-refractivity contribution in [3.63, 3.8) is 0 Å². The lowest BCUT2D eigenvalue weighted by molar-refractivity contribution is -0.137.